The van der Waals surface area contributed by atoms with Crippen molar-refractivity contribution in [3.8, 4) is 36.0 Å². The van der Waals surface area contributed by atoms with Gasteiger partial charge in [0.2, 0.25) is 0 Å². The Morgan fingerprint density at radius 1 is 0.581 bits per heavy atom. The number of nitrogens with zero attached hydrogens (tertiary/aromatic N) is 3. The van der Waals surface area contributed by atoms with Crippen molar-refractivity contribution in [2.75, 3.05) is 29.2 Å². The number of amides is 3. The molecular formula is C28H22N6O9. The van der Waals surface area contributed by atoms with Crippen LogP contribution in [0.5, 0.6) is 17.2 Å². The molecule has 43 heavy (non-hydrogen) atoms. The SMILES string of the molecule is CC(COC(=O)Nc1ccc(OC#N)cc1)(COC(=O)Nc1ccc(OC#N)cc1)OC(=O)Nc1ccc(OC#N)cc1. The second-order valence-corrected chi connectivity index (χ2v) is 8.52. The number of carbonyl (C=O) groups excluding carboxylic acids is 3. The van der Waals surface area contributed by atoms with Gasteiger partial charge in [-0.05, 0) is 79.7 Å². The Bertz CT molecular complexity index is 1460. The Balaban J connectivity index is 1.63. The van der Waals surface area contributed by atoms with Crippen molar-refractivity contribution in [2.24, 2.45) is 0 Å². The number of nitriles is 3. The summed E-state index contributed by atoms with van der Waals surface area (Å²) in [5.41, 5.74) is -0.734. The van der Waals surface area contributed by atoms with E-state index in [0.717, 1.165) is 0 Å². The van der Waals surface area contributed by atoms with E-state index in [1.54, 1.807) is 0 Å². The van der Waals surface area contributed by atoms with Gasteiger partial charge in [0.05, 0.1) is 0 Å². The molecule has 0 saturated heterocycles. The van der Waals surface area contributed by atoms with Crippen molar-refractivity contribution >= 4 is 35.3 Å². The average molecular weight is 587 g/mol. The van der Waals surface area contributed by atoms with E-state index < -0.39 is 37.1 Å². The number of ether oxygens (including phenoxy) is 6. The summed E-state index contributed by atoms with van der Waals surface area (Å²) in [4.78, 5) is 37.5. The minimum atomic E-state index is -1.67. The maximum atomic E-state index is 12.7. The number of nitrogens with one attached hydrogen (secondary N) is 3. The van der Waals surface area contributed by atoms with Gasteiger partial charge in [0.25, 0.3) is 18.8 Å². The molecule has 3 aromatic rings. The molecule has 0 aliphatic heterocycles. The number of rotatable bonds is 11. The topological polar surface area (TPSA) is 214 Å². The summed E-state index contributed by atoms with van der Waals surface area (Å²) in [5, 5.41) is 33.1. The van der Waals surface area contributed by atoms with Crippen LogP contribution in [0.2, 0.25) is 0 Å². The molecule has 15 nitrogen and oxygen atoms in total. The first-order valence-electron chi connectivity index (χ1n) is 12.1. The maximum absolute atomic E-state index is 12.7. The quantitative estimate of drug-likeness (QED) is 0.198. The number of anilines is 3. The minimum Gasteiger partial charge on any atom is -0.445 e. The van der Waals surface area contributed by atoms with Gasteiger partial charge in [-0.2, -0.15) is 0 Å². The van der Waals surface area contributed by atoms with Crippen LogP contribution in [0.25, 0.3) is 0 Å². The second kappa shape index (κ2) is 15.2. The lowest BCUT2D eigenvalue weighted by molar-refractivity contribution is -0.0505. The molecule has 0 radical (unpaired) electrons. The van der Waals surface area contributed by atoms with Gasteiger partial charge >= 0.3 is 18.3 Å². The fourth-order valence-electron chi connectivity index (χ4n) is 3.19. The lowest BCUT2D eigenvalue weighted by Crippen LogP contribution is -2.44. The third-order valence-electron chi connectivity index (χ3n) is 5.15. The van der Waals surface area contributed by atoms with Crippen molar-refractivity contribution in [2.45, 2.75) is 12.5 Å². The highest BCUT2D eigenvalue weighted by Gasteiger charge is 2.33. The molecule has 0 spiro atoms. The summed E-state index contributed by atoms with van der Waals surface area (Å²) < 4.78 is 30.0. The highest BCUT2D eigenvalue weighted by Crippen LogP contribution is 2.20. The third-order valence-corrected chi connectivity index (χ3v) is 5.15. The van der Waals surface area contributed by atoms with Crippen LogP contribution in [0.15, 0.2) is 72.8 Å². The molecule has 15 heteroatoms. The zero-order valence-corrected chi connectivity index (χ0v) is 22.4. The van der Waals surface area contributed by atoms with E-state index in [4.69, 9.17) is 30.0 Å². The fraction of sp³-hybridized carbons (Fsp3) is 0.143. The van der Waals surface area contributed by atoms with E-state index in [0.29, 0.717) is 17.1 Å². The van der Waals surface area contributed by atoms with Gasteiger partial charge in [-0.3, -0.25) is 16.0 Å². The van der Waals surface area contributed by atoms with Gasteiger partial charge in [-0.15, -0.1) is 15.8 Å². The van der Waals surface area contributed by atoms with Crippen LogP contribution < -0.4 is 30.2 Å². The molecule has 3 aromatic carbocycles. The van der Waals surface area contributed by atoms with E-state index in [9.17, 15) is 14.4 Å². The number of hydrogen-bond acceptors (Lipinski definition) is 12. The first-order valence-corrected chi connectivity index (χ1v) is 12.1. The predicted molar refractivity (Wildman–Crippen MR) is 146 cm³/mol. The van der Waals surface area contributed by atoms with Crippen LogP contribution in [0.4, 0.5) is 31.4 Å². The molecular weight excluding hydrogens is 564 g/mol. The molecule has 0 heterocycles. The lowest BCUT2D eigenvalue weighted by Gasteiger charge is -2.28. The summed E-state index contributed by atoms with van der Waals surface area (Å²) in [5.74, 6) is 0.787. The first-order chi connectivity index (χ1) is 20.7. The molecule has 0 aromatic heterocycles. The molecule has 0 fully saturated rings. The van der Waals surface area contributed by atoms with Crippen LogP contribution >= 0.6 is 0 Å². The monoisotopic (exact) mass is 586 g/mol. The number of hydrogen-bond donors (Lipinski definition) is 3. The summed E-state index contributed by atoms with van der Waals surface area (Å²) >= 11 is 0. The highest BCUT2D eigenvalue weighted by molar-refractivity contribution is 5.86. The van der Waals surface area contributed by atoms with Gasteiger partial charge in [0, 0.05) is 17.1 Å². The van der Waals surface area contributed by atoms with Crippen LogP contribution in [0.1, 0.15) is 6.92 Å². The van der Waals surface area contributed by atoms with Gasteiger partial charge in [0.15, 0.2) is 5.60 Å². The van der Waals surface area contributed by atoms with E-state index >= 15 is 0 Å². The first kappa shape index (κ1) is 30.9. The second-order valence-electron chi connectivity index (χ2n) is 8.52. The molecule has 0 aliphatic rings. The number of benzene rings is 3. The average Bonchev–Trinajstić information content (AvgIpc) is 2.99. The molecule has 218 valence electrons. The van der Waals surface area contributed by atoms with Gasteiger partial charge in [-0.25, -0.2) is 14.4 Å². The fourth-order valence-corrected chi connectivity index (χ4v) is 3.19. The van der Waals surface area contributed by atoms with Gasteiger partial charge in [0.1, 0.15) is 30.5 Å². The highest BCUT2D eigenvalue weighted by atomic mass is 16.6. The zero-order valence-electron chi connectivity index (χ0n) is 22.4. The van der Waals surface area contributed by atoms with E-state index in [1.165, 1.54) is 98.5 Å². The van der Waals surface area contributed by atoms with Gasteiger partial charge in [-0.1, -0.05) is 0 Å². The Kier molecular flexibility index (Phi) is 10.9. The summed E-state index contributed by atoms with van der Waals surface area (Å²) in [7, 11) is 0. The predicted octanol–water partition coefficient (Wildman–Crippen LogP) is 5.07. The van der Waals surface area contributed by atoms with Crippen LogP contribution in [0.3, 0.4) is 0 Å². The van der Waals surface area contributed by atoms with Crippen LogP contribution in [-0.2, 0) is 14.2 Å². The summed E-state index contributed by atoms with van der Waals surface area (Å²) in [6.45, 7) is 0.299. The van der Waals surface area contributed by atoms with E-state index in [2.05, 4.69) is 30.2 Å². The molecule has 3 N–H and O–H groups in total. The van der Waals surface area contributed by atoms with Crippen molar-refractivity contribution < 1.29 is 42.8 Å². The molecule has 0 aliphatic carbocycles. The number of carbonyl (C=O) groups is 3. The summed E-state index contributed by atoms with van der Waals surface area (Å²) in [6.07, 6.45) is 1.79. The molecule has 0 bridgehead atoms. The van der Waals surface area contributed by atoms with Crippen molar-refractivity contribution in [1.29, 1.82) is 15.8 Å². The maximum Gasteiger partial charge on any atom is 0.412 e. The largest absolute Gasteiger partial charge is 0.445 e. The standard InChI is InChI=1S/C28H22N6O9/c1-28(43-27(37)34-21-6-12-24(13-7-21)42-18-31,14-38-25(35)32-19-2-8-22(9-3-19)40-16-29)15-39-26(36)33-20-4-10-23(11-5-20)41-17-30/h2-13H,14-15H2,1H3,(H,32,35)(H,33,36)(H,34,37). The Morgan fingerprint density at radius 2 is 0.884 bits per heavy atom. The molecule has 0 atom stereocenters. The molecule has 3 amide bonds. The Hall–Kier alpha value is -6.66. The molecule has 3 rings (SSSR count). The van der Waals surface area contributed by atoms with Crippen LogP contribution in [0, 0.1) is 34.6 Å². The smallest absolute Gasteiger partial charge is 0.412 e. The van der Waals surface area contributed by atoms with E-state index in [-0.39, 0.29) is 17.2 Å². The van der Waals surface area contributed by atoms with Crippen molar-refractivity contribution in [3.05, 3.63) is 72.8 Å². The summed E-state index contributed by atoms with van der Waals surface area (Å²) in [6, 6.07) is 17.5. The molecule has 0 unspecified atom stereocenters. The Labute approximate surface area is 244 Å². The molecule has 0 saturated carbocycles. The van der Waals surface area contributed by atoms with Crippen LogP contribution in [-0.4, -0.2) is 37.1 Å². The normalized spacial score (nSPS) is 9.91. The zero-order chi connectivity index (χ0) is 31.1. The third kappa shape index (κ3) is 10.4. The minimum absolute atomic E-state index is 0.254. The Morgan fingerprint density at radius 3 is 1.19 bits per heavy atom. The van der Waals surface area contributed by atoms with Crippen molar-refractivity contribution in [1.82, 2.24) is 0 Å². The van der Waals surface area contributed by atoms with Gasteiger partial charge < -0.3 is 28.4 Å². The van der Waals surface area contributed by atoms with E-state index in [1.807, 2.05) is 0 Å². The lowest BCUT2D eigenvalue weighted by atomic mass is 10.1. The van der Waals surface area contributed by atoms with Crippen molar-refractivity contribution in [3.63, 3.8) is 0 Å².